The predicted molar refractivity (Wildman–Crippen MR) is 69.6 cm³/mol. The topological polar surface area (TPSA) is 117 Å². The molecule has 3 rings (SSSR count). The zero-order chi connectivity index (χ0) is 13.2. The Morgan fingerprint density at radius 2 is 1.84 bits per heavy atom. The van der Waals surface area contributed by atoms with Crippen LogP contribution in [0.1, 0.15) is 0 Å². The maximum absolute atomic E-state index is 5.72. The highest BCUT2D eigenvalue weighted by Gasteiger charge is 2.12. The van der Waals surface area contributed by atoms with Crippen LogP contribution in [0.3, 0.4) is 0 Å². The van der Waals surface area contributed by atoms with Crippen molar-refractivity contribution < 1.29 is 4.52 Å². The van der Waals surface area contributed by atoms with E-state index < -0.39 is 0 Å². The average molecular weight is 254 g/mol. The smallest absolute Gasteiger partial charge is 0.258 e. The van der Waals surface area contributed by atoms with E-state index in [1.165, 1.54) is 6.33 Å². The molecular weight excluding hydrogens is 244 g/mol. The first kappa shape index (κ1) is 11.1. The molecule has 0 saturated carbocycles. The third-order valence-electron chi connectivity index (χ3n) is 2.46. The summed E-state index contributed by atoms with van der Waals surface area (Å²) in [4.78, 5) is 12.1. The van der Waals surface area contributed by atoms with Gasteiger partial charge in [0.2, 0.25) is 5.82 Å². The summed E-state index contributed by atoms with van der Waals surface area (Å²) in [6.07, 6.45) is 3.03. The van der Waals surface area contributed by atoms with Crippen molar-refractivity contribution >= 4 is 11.4 Å². The van der Waals surface area contributed by atoms with Crippen LogP contribution in [-0.2, 0) is 0 Å². The molecular formula is C12H10N6O. The summed E-state index contributed by atoms with van der Waals surface area (Å²) in [5.74, 6) is 0.728. The van der Waals surface area contributed by atoms with E-state index in [0.29, 0.717) is 34.3 Å². The average Bonchev–Trinajstić information content (AvgIpc) is 2.88. The van der Waals surface area contributed by atoms with E-state index in [-0.39, 0.29) is 0 Å². The van der Waals surface area contributed by atoms with Gasteiger partial charge in [0.15, 0.2) is 0 Å². The quantitative estimate of drug-likeness (QED) is 0.663. The summed E-state index contributed by atoms with van der Waals surface area (Å²) in [6, 6.07) is 6.79. The Labute approximate surface area is 108 Å². The van der Waals surface area contributed by atoms with Gasteiger partial charge in [0, 0.05) is 23.1 Å². The van der Waals surface area contributed by atoms with Crippen molar-refractivity contribution in [3.05, 3.63) is 36.8 Å². The van der Waals surface area contributed by atoms with Gasteiger partial charge in [-0.2, -0.15) is 4.98 Å². The zero-order valence-corrected chi connectivity index (χ0v) is 9.82. The number of hydrogen-bond donors (Lipinski definition) is 2. The monoisotopic (exact) mass is 254 g/mol. The second-order valence-electron chi connectivity index (χ2n) is 3.91. The van der Waals surface area contributed by atoms with Crippen molar-refractivity contribution in [2.45, 2.75) is 0 Å². The van der Waals surface area contributed by atoms with Crippen LogP contribution in [0, 0.1) is 0 Å². The molecule has 94 valence electrons. The van der Waals surface area contributed by atoms with Gasteiger partial charge in [0.1, 0.15) is 12.0 Å². The molecule has 0 bridgehead atoms. The van der Waals surface area contributed by atoms with Crippen LogP contribution in [-0.4, -0.2) is 20.1 Å². The van der Waals surface area contributed by atoms with Gasteiger partial charge in [-0.05, 0) is 24.3 Å². The van der Waals surface area contributed by atoms with Gasteiger partial charge in [0.25, 0.3) is 5.89 Å². The number of anilines is 2. The van der Waals surface area contributed by atoms with Crippen molar-refractivity contribution in [2.75, 3.05) is 11.5 Å². The maximum Gasteiger partial charge on any atom is 0.258 e. The van der Waals surface area contributed by atoms with Crippen LogP contribution in [0.15, 0.2) is 41.3 Å². The second kappa shape index (κ2) is 4.37. The van der Waals surface area contributed by atoms with Crippen molar-refractivity contribution in [1.29, 1.82) is 0 Å². The van der Waals surface area contributed by atoms with Gasteiger partial charge < -0.3 is 16.0 Å². The summed E-state index contributed by atoms with van der Waals surface area (Å²) < 4.78 is 5.18. The van der Waals surface area contributed by atoms with E-state index in [1.807, 2.05) is 0 Å². The van der Waals surface area contributed by atoms with E-state index in [4.69, 9.17) is 16.0 Å². The fraction of sp³-hybridized carbons (Fsp3) is 0. The SMILES string of the molecule is Nc1cc(N)cc(-c2nc(-c3ccncn3)no2)c1. The largest absolute Gasteiger partial charge is 0.399 e. The van der Waals surface area contributed by atoms with Crippen LogP contribution < -0.4 is 11.5 Å². The number of hydrogen-bond acceptors (Lipinski definition) is 7. The highest BCUT2D eigenvalue weighted by atomic mass is 16.5. The van der Waals surface area contributed by atoms with Gasteiger partial charge in [-0.25, -0.2) is 9.97 Å². The highest BCUT2D eigenvalue weighted by molar-refractivity contribution is 5.68. The first-order valence-corrected chi connectivity index (χ1v) is 5.49. The molecule has 1 aromatic carbocycles. The standard InChI is InChI=1S/C12H10N6O/c13-8-3-7(4-9(14)5-8)12-17-11(18-19-12)10-1-2-15-6-16-10/h1-6H,13-14H2. The van der Waals surface area contributed by atoms with Crippen molar-refractivity contribution in [3.8, 4) is 23.0 Å². The minimum atomic E-state index is 0.340. The molecule has 19 heavy (non-hydrogen) atoms. The highest BCUT2D eigenvalue weighted by Crippen LogP contribution is 2.24. The molecule has 2 aromatic heterocycles. The molecule has 7 heteroatoms. The fourth-order valence-corrected chi connectivity index (χ4v) is 1.67. The molecule has 0 spiro atoms. The molecule has 0 atom stereocenters. The summed E-state index contributed by atoms with van der Waals surface area (Å²) >= 11 is 0. The Hall–Kier alpha value is -2.96. The van der Waals surface area contributed by atoms with Crippen molar-refractivity contribution in [2.24, 2.45) is 0 Å². The molecule has 3 aromatic rings. The molecule has 0 radical (unpaired) electrons. The molecule has 0 saturated heterocycles. The number of rotatable bonds is 2. The minimum absolute atomic E-state index is 0.340. The van der Waals surface area contributed by atoms with Crippen LogP contribution in [0.4, 0.5) is 11.4 Å². The molecule has 0 aliphatic carbocycles. The first-order valence-electron chi connectivity index (χ1n) is 5.49. The molecule has 7 nitrogen and oxygen atoms in total. The fourth-order valence-electron chi connectivity index (χ4n) is 1.67. The molecule has 0 unspecified atom stereocenters. The van der Waals surface area contributed by atoms with Gasteiger partial charge in [-0.1, -0.05) is 5.16 Å². The van der Waals surface area contributed by atoms with E-state index >= 15 is 0 Å². The molecule has 0 aliphatic heterocycles. The zero-order valence-electron chi connectivity index (χ0n) is 9.82. The molecule has 0 fully saturated rings. The number of nitrogens with zero attached hydrogens (tertiary/aromatic N) is 4. The minimum Gasteiger partial charge on any atom is -0.399 e. The van der Waals surface area contributed by atoms with E-state index in [2.05, 4.69) is 20.1 Å². The number of aromatic nitrogens is 4. The normalized spacial score (nSPS) is 10.5. The van der Waals surface area contributed by atoms with E-state index in [0.717, 1.165) is 0 Å². The van der Waals surface area contributed by atoms with Crippen LogP contribution in [0.2, 0.25) is 0 Å². The molecule has 0 amide bonds. The lowest BCUT2D eigenvalue weighted by Gasteiger charge is -1.99. The first-order chi connectivity index (χ1) is 9.22. The lowest BCUT2D eigenvalue weighted by molar-refractivity contribution is 0.432. The Bertz CT molecular complexity index is 689. The third-order valence-corrected chi connectivity index (χ3v) is 2.46. The lowest BCUT2D eigenvalue weighted by Crippen LogP contribution is -1.91. The summed E-state index contributed by atoms with van der Waals surface area (Å²) in [5, 5.41) is 3.86. The Kier molecular flexibility index (Phi) is 2.57. The van der Waals surface area contributed by atoms with Gasteiger partial charge in [-0.3, -0.25) is 0 Å². The number of benzene rings is 1. The Morgan fingerprint density at radius 1 is 1.05 bits per heavy atom. The van der Waals surface area contributed by atoms with Crippen LogP contribution >= 0.6 is 0 Å². The van der Waals surface area contributed by atoms with Crippen molar-refractivity contribution in [1.82, 2.24) is 20.1 Å². The summed E-state index contributed by atoms with van der Waals surface area (Å²) in [6.45, 7) is 0. The summed E-state index contributed by atoms with van der Waals surface area (Å²) in [7, 11) is 0. The maximum atomic E-state index is 5.72. The second-order valence-corrected chi connectivity index (χ2v) is 3.91. The van der Waals surface area contributed by atoms with Gasteiger partial charge in [-0.15, -0.1) is 0 Å². The molecule has 0 aliphatic rings. The van der Waals surface area contributed by atoms with Crippen LogP contribution in [0.25, 0.3) is 23.0 Å². The van der Waals surface area contributed by atoms with Crippen LogP contribution in [0.5, 0.6) is 0 Å². The predicted octanol–water partition coefficient (Wildman–Crippen LogP) is 1.36. The lowest BCUT2D eigenvalue weighted by atomic mass is 10.2. The van der Waals surface area contributed by atoms with Crippen molar-refractivity contribution in [3.63, 3.8) is 0 Å². The van der Waals surface area contributed by atoms with Gasteiger partial charge >= 0.3 is 0 Å². The van der Waals surface area contributed by atoms with E-state index in [1.54, 1.807) is 30.5 Å². The summed E-state index contributed by atoms with van der Waals surface area (Å²) in [5.41, 5.74) is 13.8. The Balaban J connectivity index is 2.02. The molecule has 2 heterocycles. The third kappa shape index (κ3) is 2.21. The van der Waals surface area contributed by atoms with E-state index in [9.17, 15) is 0 Å². The molecule has 4 N–H and O–H groups in total. The Morgan fingerprint density at radius 3 is 2.53 bits per heavy atom. The number of nitrogens with two attached hydrogens (primary N) is 2. The number of nitrogen functional groups attached to an aromatic ring is 2. The van der Waals surface area contributed by atoms with Gasteiger partial charge in [0.05, 0.1) is 0 Å².